The molecule has 0 aliphatic heterocycles. The summed E-state index contributed by atoms with van der Waals surface area (Å²) >= 11 is 0. The fourth-order valence-electron chi connectivity index (χ4n) is 2.57. The molecule has 21 heavy (non-hydrogen) atoms. The molecule has 1 aromatic rings. The normalized spacial score (nSPS) is 17.3. The maximum atomic E-state index is 12.1. The van der Waals surface area contributed by atoms with E-state index in [1.807, 2.05) is 18.2 Å². The fraction of sp³-hybridized carbons (Fsp3) is 0.471. The molecule has 1 atom stereocenters. The molecule has 2 rings (SSSR count). The Labute approximate surface area is 126 Å². The third-order valence-electron chi connectivity index (χ3n) is 3.82. The van der Waals surface area contributed by atoms with E-state index in [1.165, 1.54) is 0 Å². The van der Waals surface area contributed by atoms with Gasteiger partial charge >= 0.3 is 0 Å². The predicted molar refractivity (Wildman–Crippen MR) is 82.7 cm³/mol. The summed E-state index contributed by atoms with van der Waals surface area (Å²) in [4.78, 5) is 12.1. The van der Waals surface area contributed by atoms with Crippen molar-refractivity contribution in [3.05, 3.63) is 35.9 Å². The summed E-state index contributed by atoms with van der Waals surface area (Å²) in [6, 6.07) is 5.71. The van der Waals surface area contributed by atoms with E-state index in [-0.39, 0.29) is 11.8 Å². The van der Waals surface area contributed by atoms with Crippen LogP contribution in [0.1, 0.15) is 24.8 Å². The highest BCUT2D eigenvalue weighted by molar-refractivity contribution is 5.79. The second kappa shape index (κ2) is 7.72. The molecular formula is C17H23NO3. The van der Waals surface area contributed by atoms with Crippen LogP contribution in [-0.2, 0) is 11.2 Å². The minimum Gasteiger partial charge on any atom is -0.497 e. The molecule has 0 spiro atoms. The van der Waals surface area contributed by atoms with Gasteiger partial charge in [-0.05, 0) is 49.4 Å². The highest BCUT2D eigenvalue weighted by atomic mass is 16.5. The topological polar surface area (TPSA) is 47.6 Å². The van der Waals surface area contributed by atoms with E-state index in [9.17, 15) is 4.79 Å². The molecule has 114 valence electrons. The van der Waals surface area contributed by atoms with Crippen LogP contribution in [0.4, 0.5) is 0 Å². The molecule has 0 aromatic heterocycles. The zero-order chi connectivity index (χ0) is 15.1. The molecule has 1 aromatic carbocycles. The van der Waals surface area contributed by atoms with Gasteiger partial charge in [-0.15, -0.1) is 0 Å². The maximum absolute atomic E-state index is 12.1. The Bertz CT molecular complexity index is 511. The zero-order valence-corrected chi connectivity index (χ0v) is 12.7. The van der Waals surface area contributed by atoms with Crippen LogP contribution in [0, 0.1) is 5.92 Å². The van der Waals surface area contributed by atoms with Crippen molar-refractivity contribution >= 4 is 5.91 Å². The molecule has 1 aliphatic carbocycles. The standard InChI is InChI=1S/C17H23NO3/c1-20-15-8-9-16(21-2)14(12-15)10-11-18-17(19)13-6-4-3-5-7-13/h3-4,8-9,12-13H,5-7,10-11H2,1-2H3,(H,18,19). The fourth-order valence-corrected chi connectivity index (χ4v) is 2.57. The number of hydrogen-bond acceptors (Lipinski definition) is 3. The summed E-state index contributed by atoms with van der Waals surface area (Å²) in [5.74, 6) is 1.91. The Kier molecular flexibility index (Phi) is 5.67. The SMILES string of the molecule is COc1ccc(OC)c(CCNC(=O)C2CC=CCC2)c1. The van der Waals surface area contributed by atoms with Gasteiger partial charge in [-0.1, -0.05) is 12.2 Å². The molecule has 1 N–H and O–H groups in total. The van der Waals surface area contributed by atoms with E-state index >= 15 is 0 Å². The van der Waals surface area contributed by atoms with E-state index in [1.54, 1.807) is 14.2 Å². The molecule has 0 radical (unpaired) electrons. The Morgan fingerprint density at radius 1 is 1.29 bits per heavy atom. The second-order valence-corrected chi connectivity index (χ2v) is 5.20. The molecule has 4 heteroatoms. The zero-order valence-electron chi connectivity index (χ0n) is 12.7. The summed E-state index contributed by atoms with van der Waals surface area (Å²) < 4.78 is 10.6. The lowest BCUT2D eigenvalue weighted by atomic mass is 9.93. The van der Waals surface area contributed by atoms with Crippen LogP contribution >= 0.6 is 0 Å². The number of carbonyl (C=O) groups is 1. The van der Waals surface area contributed by atoms with Crippen LogP contribution in [-0.4, -0.2) is 26.7 Å². The molecule has 0 saturated carbocycles. The van der Waals surface area contributed by atoms with Crippen LogP contribution in [0.5, 0.6) is 11.5 Å². The van der Waals surface area contributed by atoms with Gasteiger partial charge in [0.2, 0.25) is 5.91 Å². The lowest BCUT2D eigenvalue weighted by molar-refractivity contribution is -0.125. The van der Waals surface area contributed by atoms with Crippen LogP contribution in [0.3, 0.4) is 0 Å². The molecule has 1 aliphatic rings. The Morgan fingerprint density at radius 2 is 2.14 bits per heavy atom. The number of ether oxygens (including phenoxy) is 2. The molecule has 0 bridgehead atoms. The predicted octanol–water partition coefficient (Wildman–Crippen LogP) is 2.72. The summed E-state index contributed by atoms with van der Waals surface area (Å²) in [5.41, 5.74) is 1.04. The van der Waals surface area contributed by atoms with E-state index in [4.69, 9.17) is 9.47 Å². The van der Waals surface area contributed by atoms with Crippen molar-refractivity contribution in [3.63, 3.8) is 0 Å². The van der Waals surface area contributed by atoms with Crippen molar-refractivity contribution in [2.75, 3.05) is 20.8 Å². The number of benzene rings is 1. The number of nitrogens with one attached hydrogen (secondary N) is 1. The number of methoxy groups -OCH3 is 2. The smallest absolute Gasteiger partial charge is 0.223 e. The first-order valence-electron chi connectivity index (χ1n) is 7.38. The number of hydrogen-bond donors (Lipinski definition) is 1. The Hall–Kier alpha value is -1.97. The van der Waals surface area contributed by atoms with Gasteiger partial charge in [0.1, 0.15) is 11.5 Å². The van der Waals surface area contributed by atoms with Crippen molar-refractivity contribution in [2.24, 2.45) is 5.92 Å². The molecule has 1 unspecified atom stereocenters. The van der Waals surface area contributed by atoms with E-state index in [0.29, 0.717) is 6.54 Å². The Morgan fingerprint density at radius 3 is 2.81 bits per heavy atom. The van der Waals surface area contributed by atoms with Crippen molar-refractivity contribution in [2.45, 2.75) is 25.7 Å². The van der Waals surface area contributed by atoms with Crippen molar-refractivity contribution in [1.82, 2.24) is 5.32 Å². The molecule has 1 amide bonds. The first-order chi connectivity index (χ1) is 10.2. The van der Waals surface area contributed by atoms with Crippen molar-refractivity contribution in [1.29, 1.82) is 0 Å². The van der Waals surface area contributed by atoms with Gasteiger partial charge in [0.25, 0.3) is 0 Å². The van der Waals surface area contributed by atoms with Gasteiger partial charge in [0, 0.05) is 12.5 Å². The van der Waals surface area contributed by atoms with Gasteiger partial charge in [0.05, 0.1) is 14.2 Å². The summed E-state index contributed by atoms with van der Waals surface area (Å²) in [6.07, 6.45) is 7.78. The second-order valence-electron chi connectivity index (χ2n) is 5.20. The average Bonchev–Trinajstić information content (AvgIpc) is 2.55. The van der Waals surface area contributed by atoms with E-state index in [0.717, 1.165) is 42.7 Å². The third-order valence-corrected chi connectivity index (χ3v) is 3.82. The first kappa shape index (κ1) is 15.4. The first-order valence-corrected chi connectivity index (χ1v) is 7.38. The number of amides is 1. The van der Waals surface area contributed by atoms with Crippen LogP contribution < -0.4 is 14.8 Å². The van der Waals surface area contributed by atoms with Gasteiger partial charge in [-0.2, -0.15) is 0 Å². The van der Waals surface area contributed by atoms with Gasteiger partial charge in [0.15, 0.2) is 0 Å². The van der Waals surface area contributed by atoms with Crippen LogP contribution in [0.15, 0.2) is 30.4 Å². The highest BCUT2D eigenvalue weighted by Crippen LogP contribution is 2.24. The number of allylic oxidation sites excluding steroid dienone is 2. The van der Waals surface area contributed by atoms with Gasteiger partial charge < -0.3 is 14.8 Å². The lowest BCUT2D eigenvalue weighted by Crippen LogP contribution is -2.32. The minimum absolute atomic E-state index is 0.127. The number of rotatable bonds is 6. The van der Waals surface area contributed by atoms with Crippen molar-refractivity contribution in [3.8, 4) is 11.5 Å². The molecule has 0 heterocycles. The Balaban J connectivity index is 1.87. The number of carbonyl (C=O) groups excluding carboxylic acids is 1. The molecule has 0 fully saturated rings. The molecule has 4 nitrogen and oxygen atoms in total. The molecular weight excluding hydrogens is 266 g/mol. The van der Waals surface area contributed by atoms with Gasteiger partial charge in [-0.3, -0.25) is 4.79 Å². The largest absolute Gasteiger partial charge is 0.497 e. The maximum Gasteiger partial charge on any atom is 0.223 e. The summed E-state index contributed by atoms with van der Waals surface area (Å²) in [7, 11) is 3.29. The lowest BCUT2D eigenvalue weighted by Gasteiger charge is -2.17. The summed E-state index contributed by atoms with van der Waals surface area (Å²) in [5, 5.41) is 3.02. The van der Waals surface area contributed by atoms with Gasteiger partial charge in [-0.25, -0.2) is 0 Å². The monoisotopic (exact) mass is 289 g/mol. The third kappa shape index (κ3) is 4.25. The highest BCUT2D eigenvalue weighted by Gasteiger charge is 2.18. The van der Waals surface area contributed by atoms with E-state index < -0.39 is 0 Å². The van der Waals surface area contributed by atoms with Crippen molar-refractivity contribution < 1.29 is 14.3 Å². The quantitative estimate of drug-likeness (QED) is 0.819. The van der Waals surface area contributed by atoms with E-state index in [2.05, 4.69) is 17.5 Å². The van der Waals surface area contributed by atoms with Crippen LogP contribution in [0.25, 0.3) is 0 Å². The molecule has 0 saturated heterocycles. The van der Waals surface area contributed by atoms with Crippen LogP contribution in [0.2, 0.25) is 0 Å². The summed E-state index contributed by atoms with van der Waals surface area (Å²) in [6.45, 7) is 0.614. The average molecular weight is 289 g/mol. The minimum atomic E-state index is 0.127.